The van der Waals surface area contributed by atoms with Crippen molar-refractivity contribution in [2.75, 3.05) is 19.5 Å². The number of halogens is 1. The maximum absolute atomic E-state index is 11.2. The van der Waals surface area contributed by atoms with E-state index in [0.29, 0.717) is 10.3 Å². The van der Waals surface area contributed by atoms with Crippen LogP contribution in [0.4, 0.5) is 5.82 Å². The van der Waals surface area contributed by atoms with E-state index < -0.39 is 5.97 Å². The summed E-state index contributed by atoms with van der Waals surface area (Å²) in [5.74, 6) is 0.174. The van der Waals surface area contributed by atoms with Crippen molar-refractivity contribution in [3.63, 3.8) is 0 Å². The summed E-state index contributed by atoms with van der Waals surface area (Å²) in [6.07, 6.45) is 0. The fourth-order valence-electron chi connectivity index (χ4n) is 0.821. The van der Waals surface area contributed by atoms with Crippen molar-refractivity contribution < 1.29 is 9.53 Å². The van der Waals surface area contributed by atoms with E-state index in [-0.39, 0.29) is 5.69 Å². The average molecular weight is 245 g/mol. The number of hydrogen-bond acceptors (Lipinski definition) is 4. The second kappa shape index (κ2) is 4.23. The highest BCUT2D eigenvalue weighted by molar-refractivity contribution is 9.10. The van der Waals surface area contributed by atoms with Gasteiger partial charge in [0.1, 0.15) is 5.82 Å². The Bertz CT molecular complexity index is 328. The van der Waals surface area contributed by atoms with Gasteiger partial charge < -0.3 is 10.1 Å². The van der Waals surface area contributed by atoms with Crippen LogP contribution in [0.15, 0.2) is 16.6 Å². The summed E-state index contributed by atoms with van der Waals surface area (Å²) in [6, 6.07) is 3.50. The van der Waals surface area contributed by atoms with Crippen molar-refractivity contribution in [2.45, 2.75) is 0 Å². The van der Waals surface area contributed by atoms with E-state index in [1.54, 1.807) is 19.2 Å². The third kappa shape index (κ3) is 2.18. The van der Waals surface area contributed by atoms with Crippen LogP contribution in [-0.2, 0) is 4.74 Å². The molecule has 70 valence electrons. The molecule has 1 aromatic heterocycles. The molecule has 0 amide bonds. The molecule has 1 aromatic rings. The Morgan fingerprint density at radius 3 is 2.85 bits per heavy atom. The third-order valence-corrected chi connectivity index (χ3v) is 2.12. The Kier molecular flexibility index (Phi) is 3.25. The summed E-state index contributed by atoms with van der Waals surface area (Å²) >= 11 is 3.21. The lowest BCUT2D eigenvalue weighted by atomic mass is 10.3. The van der Waals surface area contributed by atoms with Gasteiger partial charge in [-0.1, -0.05) is 0 Å². The fourth-order valence-corrected chi connectivity index (χ4v) is 1.20. The Labute approximate surface area is 84.4 Å². The van der Waals surface area contributed by atoms with Gasteiger partial charge in [0.2, 0.25) is 0 Å². The molecule has 0 radical (unpaired) electrons. The molecular formula is C8H9BrN2O2. The first-order valence-corrected chi connectivity index (χ1v) is 4.41. The summed E-state index contributed by atoms with van der Waals surface area (Å²) < 4.78 is 5.18. The van der Waals surface area contributed by atoms with Crippen molar-refractivity contribution in [1.82, 2.24) is 4.98 Å². The topological polar surface area (TPSA) is 51.2 Å². The molecule has 0 aromatic carbocycles. The molecule has 0 bridgehead atoms. The molecule has 4 nitrogen and oxygen atoms in total. The second-order valence-corrected chi connectivity index (χ2v) is 3.12. The van der Waals surface area contributed by atoms with Crippen LogP contribution in [-0.4, -0.2) is 25.1 Å². The Hall–Kier alpha value is -1.10. The molecule has 0 fully saturated rings. The molecule has 1 rings (SSSR count). The molecule has 0 saturated heterocycles. The number of nitrogens with one attached hydrogen (secondary N) is 1. The number of aromatic nitrogens is 1. The van der Waals surface area contributed by atoms with Gasteiger partial charge in [0.25, 0.3) is 0 Å². The van der Waals surface area contributed by atoms with Crippen LogP contribution >= 0.6 is 15.9 Å². The van der Waals surface area contributed by atoms with Gasteiger partial charge in [-0.15, -0.1) is 0 Å². The van der Waals surface area contributed by atoms with Gasteiger partial charge in [-0.3, -0.25) is 0 Å². The molecular weight excluding hydrogens is 236 g/mol. The zero-order chi connectivity index (χ0) is 9.84. The number of carbonyl (C=O) groups excluding carboxylic acids is 1. The largest absolute Gasteiger partial charge is 0.464 e. The van der Waals surface area contributed by atoms with Crippen LogP contribution < -0.4 is 5.32 Å². The predicted molar refractivity (Wildman–Crippen MR) is 52.8 cm³/mol. The zero-order valence-corrected chi connectivity index (χ0v) is 8.88. The number of esters is 1. The van der Waals surface area contributed by atoms with E-state index in [1.165, 1.54) is 7.11 Å². The van der Waals surface area contributed by atoms with Crippen LogP contribution in [0.2, 0.25) is 0 Å². The van der Waals surface area contributed by atoms with E-state index in [9.17, 15) is 4.79 Å². The van der Waals surface area contributed by atoms with Gasteiger partial charge >= 0.3 is 5.97 Å². The number of nitrogens with zero attached hydrogens (tertiary/aromatic N) is 1. The summed E-state index contributed by atoms with van der Waals surface area (Å²) in [7, 11) is 3.06. The van der Waals surface area contributed by atoms with Gasteiger partial charge in [-0.25, -0.2) is 9.78 Å². The summed E-state index contributed by atoms with van der Waals surface area (Å²) in [5, 5.41) is 2.83. The lowest BCUT2D eigenvalue weighted by molar-refractivity contribution is 0.0593. The van der Waals surface area contributed by atoms with E-state index in [2.05, 4.69) is 31.0 Å². The number of hydrogen-bond donors (Lipinski definition) is 1. The normalized spacial score (nSPS) is 9.46. The number of anilines is 1. The molecule has 0 aliphatic heterocycles. The molecule has 0 aliphatic carbocycles. The SMILES string of the molecule is CNc1ccc(Br)c(C(=O)OC)n1. The van der Waals surface area contributed by atoms with Crippen molar-refractivity contribution in [2.24, 2.45) is 0 Å². The molecule has 0 unspecified atom stereocenters. The first kappa shape index (κ1) is 9.98. The van der Waals surface area contributed by atoms with Gasteiger partial charge in [0, 0.05) is 7.05 Å². The van der Waals surface area contributed by atoms with Crippen molar-refractivity contribution >= 4 is 27.7 Å². The predicted octanol–water partition coefficient (Wildman–Crippen LogP) is 1.67. The second-order valence-electron chi connectivity index (χ2n) is 2.27. The minimum Gasteiger partial charge on any atom is -0.464 e. The minimum atomic E-state index is -0.455. The summed E-state index contributed by atoms with van der Waals surface area (Å²) in [4.78, 5) is 15.2. The standard InChI is InChI=1S/C8H9BrN2O2/c1-10-6-4-3-5(9)7(11-6)8(12)13-2/h3-4H,1-2H3,(H,10,11). The molecule has 0 spiro atoms. The van der Waals surface area contributed by atoms with Crippen LogP contribution in [0.5, 0.6) is 0 Å². The number of carbonyl (C=O) groups is 1. The van der Waals surface area contributed by atoms with Gasteiger partial charge in [-0.2, -0.15) is 0 Å². The zero-order valence-electron chi connectivity index (χ0n) is 7.30. The maximum Gasteiger partial charge on any atom is 0.357 e. The lowest BCUT2D eigenvalue weighted by Gasteiger charge is -2.03. The Morgan fingerprint density at radius 2 is 2.31 bits per heavy atom. The maximum atomic E-state index is 11.2. The highest BCUT2D eigenvalue weighted by atomic mass is 79.9. The van der Waals surface area contributed by atoms with Crippen molar-refractivity contribution in [3.8, 4) is 0 Å². The van der Waals surface area contributed by atoms with E-state index in [1.807, 2.05) is 0 Å². The van der Waals surface area contributed by atoms with E-state index in [0.717, 1.165) is 0 Å². The average Bonchev–Trinajstić information content (AvgIpc) is 2.17. The quantitative estimate of drug-likeness (QED) is 0.805. The number of pyridine rings is 1. The van der Waals surface area contributed by atoms with Crippen LogP contribution in [0.3, 0.4) is 0 Å². The highest BCUT2D eigenvalue weighted by Crippen LogP contribution is 2.17. The van der Waals surface area contributed by atoms with Crippen molar-refractivity contribution in [3.05, 3.63) is 22.3 Å². The van der Waals surface area contributed by atoms with Crippen LogP contribution in [0.25, 0.3) is 0 Å². The molecule has 5 heteroatoms. The van der Waals surface area contributed by atoms with Gasteiger partial charge in [-0.05, 0) is 28.1 Å². The smallest absolute Gasteiger partial charge is 0.357 e. The van der Waals surface area contributed by atoms with Crippen LogP contribution in [0, 0.1) is 0 Å². The first-order valence-electron chi connectivity index (χ1n) is 3.61. The molecule has 0 aliphatic rings. The monoisotopic (exact) mass is 244 g/mol. The minimum absolute atomic E-state index is 0.273. The molecule has 1 N–H and O–H groups in total. The highest BCUT2D eigenvalue weighted by Gasteiger charge is 2.12. The fraction of sp³-hybridized carbons (Fsp3) is 0.250. The molecule has 13 heavy (non-hydrogen) atoms. The number of methoxy groups -OCH3 is 1. The first-order chi connectivity index (χ1) is 6.19. The molecule has 0 saturated carbocycles. The molecule has 1 heterocycles. The third-order valence-electron chi connectivity index (χ3n) is 1.48. The van der Waals surface area contributed by atoms with E-state index in [4.69, 9.17) is 0 Å². The number of rotatable bonds is 2. The van der Waals surface area contributed by atoms with Gasteiger partial charge in [0.05, 0.1) is 11.6 Å². The Balaban J connectivity index is 3.11. The van der Waals surface area contributed by atoms with Crippen LogP contribution in [0.1, 0.15) is 10.5 Å². The number of ether oxygens (including phenoxy) is 1. The van der Waals surface area contributed by atoms with Gasteiger partial charge in [0.15, 0.2) is 5.69 Å². The van der Waals surface area contributed by atoms with Crippen molar-refractivity contribution in [1.29, 1.82) is 0 Å². The summed E-state index contributed by atoms with van der Waals surface area (Å²) in [6.45, 7) is 0. The van der Waals surface area contributed by atoms with E-state index >= 15 is 0 Å². The summed E-state index contributed by atoms with van der Waals surface area (Å²) in [5.41, 5.74) is 0.273. The molecule has 0 atom stereocenters. The lowest BCUT2D eigenvalue weighted by Crippen LogP contribution is -2.06. The Morgan fingerprint density at radius 1 is 1.62 bits per heavy atom.